The fraction of sp³-hybridized carbons (Fsp3) is 0.316. The molecule has 0 saturated heterocycles. The maximum atomic E-state index is 11.8. The molecule has 1 aliphatic carbocycles. The summed E-state index contributed by atoms with van der Waals surface area (Å²) in [6, 6.07) is 17.6. The summed E-state index contributed by atoms with van der Waals surface area (Å²) in [5, 5.41) is 2.91. The molecule has 3 rings (SSSR count). The molecule has 1 N–H and O–H groups in total. The van der Waals surface area contributed by atoms with E-state index in [1.807, 2.05) is 31.2 Å². The standard InChI is InChI=1S/C19H21NO/c1-2-19(21)20-16-12-15-10-6-7-11-17(15)18(13-16)14-8-4-3-5-9-14/h3-11,16,18H,2,12-13H2,1H3,(H,20,21)/t16-,18+/m1/s1/i16D. The van der Waals surface area contributed by atoms with Crippen LogP contribution in [0.5, 0.6) is 0 Å². The van der Waals surface area contributed by atoms with Gasteiger partial charge in [-0.05, 0) is 29.5 Å². The topological polar surface area (TPSA) is 29.1 Å². The number of hydrogen-bond acceptors (Lipinski definition) is 1. The van der Waals surface area contributed by atoms with Crippen LogP contribution in [0.2, 0.25) is 0 Å². The van der Waals surface area contributed by atoms with Crippen LogP contribution in [0.4, 0.5) is 0 Å². The minimum absolute atomic E-state index is 0.0545. The molecule has 0 radical (unpaired) electrons. The summed E-state index contributed by atoms with van der Waals surface area (Å²) in [5.74, 6) is 0.0991. The number of amides is 1. The average Bonchev–Trinajstić information content (AvgIpc) is 2.54. The van der Waals surface area contributed by atoms with Gasteiger partial charge < -0.3 is 5.32 Å². The number of hydrogen-bond donors (Lipinski definition) is 1. The smallest absolute Gasteiger partial charge is 0.219 e. The Kier molecular flexibility index (Phi) is 3.69. The maximum Gasteiger partial charge on any atom is 0.219 e. The average molecular weight is 280 g/mol. The first-order chi connectivity index (χ1) is 10.6. The predicted octanol–water partition coefficient (Wildman–Crippen LogP) is 3.66. The van der Waals surface area contributed by atoms with Crippen molar-refractivity contribution < 1.29 is 6.17 Å². The maximum absolute atomic E-state index is 11.8. The summed E-state index contributed by atoms with van der Waals surface area (Å²) >= 11 is 0. The number of fused-ring (bicyclic) bond motifs is 1. The Balaban J connectivity index is 2.00. The lowest BCUT2D eigenvalue weighted by molar-refractivity contribution is -0.121. The zero-order valence-corrected chi connectivity index (χ0v) is 12.3. The van der Waals surface area contributed by atoms with Crippen LogP contribution in [0, 0.1) is 0 Å². The van der Waals surface area contributed by atoms with Crippen LogP contribution >= 0.6 is 0 Å². The minimum Gasteiger partial charge on any atom is -0.353 e. The van der Waals surface area contributed by atoms with E-state index in [0.29, 0.717) is 19.3 Å². The molecule has 0 saturated carbocycles. The van der Waals surface area contributed by atoms with Crippen LogP contribution in [0.15, 0.2) is 54.6 Å². The van der Waals surface area contributed by atoms with Gasteiger partial charge in [0, 0.05) is 18.4 Å². The lowest BCUT2D eigenvalue weighted by Crippen LogP contribution is -2.39. The first kappa shape index (κ1) is 12.6. The van der Waals surface area contributed by atoms with Crippen molar-refractivity contribution in [1.82, 2.24) is 5.32 Å². The number of benzene rings is 2. The van der Waals surface area contributed by atoms with Crippen molar-refractivity contribution >= 4 is 5.91 Å². The zero-order valence-electron chi connectivity index (χ0n) is 13.3. The fourth-order valence-corrected chi connectivity index (χ4v) is 3.06. The monoisotopic (exact) mass is 280 g/mol. The first-order valence-electron chi connectivity index (χ1n) is 8.05. The SMILES string of the molecule is [2H][C@@]1(NC(=O)CC)Cc2ccccc2[C@H](c2ccccc2)C1. The van der Waals surface area contributed by atoms with Crippen molar-refractivity contribution in [2.45, 2.75) is 38.1 Å². The third-order valence-corrected chi connectivity index (χ3v) is 4.12. The van der Waals surface area contributed by atoms with E-state index in [9.17, 15) is 4.79 Å². The molecule has 0 unspecified atom stereocenters. The summed E-state index contributed by atoms with van der Waals surface area (Å²) < 4.78 is 8.73. The van der Waals surface area contributed by atoms with E-state index in [1.165, 1.54) is 11.1 Å². The summed E-state index contributed by atoms with van der Waals surface area (Å²) in [4.78, 5) is 11.8. The molecular weight excluding hydrogens is 258 g/mol. The quantitative estimate of drug-likeness (QED) is 0.913. The number of nitrogens with one attached hydrogen (secondary N) is 1. The minimum atomic E-state index is -0.929. The van der Waals surface area contributed by atoms with E-state index in [4.69, 9.17) is 1.37 Å². The van der Waals surface area contributed by atoms with Crippen LogP contribution in [-0.2, 0) is 11.2 Å². The van der Waals surface area contributed by atoms with E-state index in [-0.39, 0.29) is 11.8 Å². The molecule has 2 aromatic rings. The van der Waals surface area contributed by atoms with Gasteiger partial charge in [-0.1, -0.05) is 61.5 Å². The van der Waals surface area contributed by atoms with Gasteiger partial charge in [-0.15, -0.1) is 0 Å². The molecule has 21 heavy (non-hydrogen) atoms. The van der Waals surface area contributed by atoms with E-state index < -0.39 is 6.02 Å². The van der Waals surface area contributed by atoms with Gasteiger partial charge in [0.25, 0.3) is 0 Å². The third-order valence-electron chi connectivity index (χ3n) is 4.12. The Hall–Kier alpha value is -2.09. The van der Waals surface area contributed by atoms with E-state index >= 15 is 0 Å². The summed E-state index contributed by atoms with van der Waals surface area (Å²) in [5.41, 5.74) is 3.65. The Morgan fingerprint density at radius 2 is 1.90 bits per heavy atom. The molecule has 108 valence electrons. The normalized spacial score (nSPS) is 24.8. The molecule has 1 amide bonds. The lowest BCUT2D eigenvalue weighted by Gasteiger charge is -2.32. The van der Waals surface area contributed by atoms with Crippen molar-refractivity contribution in [3.63, 3.8) is 0 Å². The Morgan fingerprint density at radius 1 is 1.19 bits per heavy atom. The third kappa shape index (κ3) is 2.99. The molecular formula is C19H21NO. The van der Waals surface area contributed by atoms with Gasteiger partial charge in [0.2, 0.25) is 5.91 Å². The lowest BCUT2D eigenvalue weighted by atomic mass is 9.76. The fourth-order valence-electron chi connectivity index (χ4n) is 3.06. The van der Waals surface area contributed by atoms with Gasteiger partial charge in [-0.2, -0.15) is 0 Å². The van der Waals surface area contributed by atoms with Crippen LogP contribution in [0.1, 0.15) is 43.7 Å². The molecule has 2 aromatic carbocycles. The number of carbonyl (C=O) groups is 1. The number of rotatable bonds is 3. The molecule has 0 heterocycles. The summed E-state index contributed by atoms with van der Waals surface area (Å²) in [6.45, 7) is 1.82. The van der Waals surface area contributed by atoms with E-state index in [2.05, 4.69) is 35.6 Å². The van der Waals surface area contributed by atoms with E-state index in [0.717, 1.165) is 5.56 Å². The van der Waals surface area contributed by atoms with Crippen LogP contribution in [0.3, 0.4) is 0 Å². The van der Waals surface area contributed by atoms with Crippen LogP contribution < -0.4 is 5.32 Å². The molecule has 2 atom stereocenters. The molecule has 2 heteroatoms. The van der Waals surface area contributed by atoms with E-state index in [1.54, 1.807) is 0 Å². The van der Waals surface area contributed by atoms with Gasteiger partial charge in [0.1, 0.15) is 0 Å². The van der Waals surface area contributed by atoms with Gasteiger partial charge in [-0.3, -0.25) is 4.79 Å². The molecule has 0 spiro atoms. The largest absolute Gasteiger partial charge is 0.353 e. The second kappa shape index (κ2) is 6.13. The van der Waals surface area contributed by atoms with Crippen LogP contribution in [0.25, 0.3) is 0 Å². The Morgan fingerprint density at radius 3 is 2.67 bits per heavy atom. The van der Waals surface area contributed by atoms with Gasteiger partial charge >= 0.3 is 0 Å². The highest BCUT2D eigenvalue weighted by Crippen LogP contribution is 2.36. The van der Waals surface area contributed by atoms with Crippen LogP contribution in [-0.4, -0.2) is 11.9 Å². The second-order valence-corrected chi connectivity index (χ2v) is 5.55. The van der Waals surface area contributed by atoms with Crippen molar-refractivity contribution in [3.05, 3.63) is 71.3 Å². The molecule has 0 fully saturated rings. The summed E-state index contributed by atoms with van der Waals surface area (Å²) in [6.07, 6.45) is 1.59. The highest BCUT2D eigenvalue weighted by Gasteiger charge is 2.28. The molecule has 0 aliphatic heterocycles. The second-order valence-electron chi connectivity index (χ2n) is 5.55. The summed E-state index contributed by atoms with van der Waals surface area (Å²) in [7, 11) is 0. The Bertz CT molecular complexity index is 670. The highest BCUT2D eigenvalue weighted by molar-refractivity contribution is 5.76. The van der Waals surface area contributed by atoms with Gasteiger partial charge in [-0.25, -0.2) is 0 Å². The highest BCUT2D eigenvalue weighted by atomic mass is 16.1. The predicted molar refractivity (Wildman–Crippen MR) is 85.3 cm³/mol. The molecule has 0 aromatic heterocycles. The molecule has 1 aliphatic rings. The van der Waals surface area contributed by atoms with Crippen molar-refractivity contribution in [3.8, 4) is 0 Å². The molecule has 2 nitrogen and oxygen atoms in total. The van der Waals surface area contributed by atoms with Gasteiger partial charge in [0.05, 0.1) is 1.37 Å². The number of carbonyl (C=O) groups excluding carboxylic acids is 1. The van der Waals surface area contributed by atoms with Gasteiger partial charge in [0.15, 0.2) is 0 Å². The Labute approximate surface area is 127 Å². The molecule has 0 bridgehead atoms. The first-order valence-corrected chi connectivity index (χ1v) is 7.55. The van der Waals surface area contributed by atoms with Crippen molar-refractivity contribution in [1.29, 1.82) is 0 Å². The van der Waals surface area contributed by atoms with Crippen molar-refractivity contribution in [2.75, 3.05) is 0 Å². The van der Waals surface area contributed by atoms with Crippen molar-refractivity contribution in [2.24, 2.45) is 0 Å². The zero-order chi connectivity index (χ0) is 15.6.